The van der Waals surface area contributed by atoms with Gasteiger partial charge in [0.1, 0.15) is 5.78 Å². The highest BCUT2D eigenvalue weighted by Crippen LogP contribution is 2.60. The van der Waals surface area contributed by atoms with Crippen LogP contribution in [0.1, 0.15) is 57.4 Å². The van der Waals surface area contributed by atoms with Crippen molar-refractivity contribution in [3.05, 3.63) is 0 Å². The van der Waals surface area contributed by atoms with Crippen molar-refractivity contribution >= 4 is 23.5 Å². The van der Waals surface area contributed by atoms with Gasteiger partial charge in [0.25, 0.3) is 0 Å². The number of carbonyl (C=O) groups is 1. The number of nitrogen functional groups attached to an aromatic ring is 1. The van der Waals surface area contributed by atoms with E-state index in [0.717, 1.165) is 55.0 Å². The van der Waals surface area contributed by atoms with E-state index in [0.29, 0.717) is 23.5 Å². The Bertz CT molecular complexity index is 616. The van der Waals surface area contributed by atoms with Crippen LogP contribution in [0, 0.1) is 23.2 Å². The molecule has 6 heteroatoms. The molecule has 0 amide bonds. The van der Waals surface area contributed by atoms with Gasteiger partial charge in [-0.15, -0.1) is 10.2 Å². The second-order valence-electron chi connectivity index (χ2n) is 8.35. The summed E-state index contributed by atoms with van der Waals surface area (Å²) in [6.45, 7) is 0. The highest BCUT2D eigenvalue weighted by atomic mass is 32.2. The van der Waals surface area contributed by atoms with E-state index < -0.39 is 0 Å². The SMILES string of the molecule is Nc1nnc(SCC(=O)C23CC4CC(CC(C4)C2)C3)n1C1CC1. The Hall–Kier alpha value is -1.04. The molecule has 4 bridgehead atoms. The first-order valence-corrected chi connectivity index (χ1v) is 9.98. The highest BCUT2D eigenvalue weighted by Gasteiger charge is 2.54. The van der Waals surface area contributed by atoms with E-state index in [1.807, 2.05) is 4.57 Å². The molecule has 0 unspecified atom stereocenters. The first-order valence-electron chi connectivity index (χ1n) is 8.99. The molecule has 0 radical (unpaired) electrons. The number of ketones is 1. The van der Waals surface area contributed by atoms with Gasteiger partial charge in [0.2, 0.25) is 5.95 Å². The maximum Gasteiger partial charge on any atom is 0.222 e. The van der Waals surface area contributed by atoms with Gasteiger partial charge < -0.3 is 5.73 Å². The molecule has 0 saturated heterocycles. The fourth-order valence-corrected chi connectivity index (χ4v) is 6.84. The van der Waals surface area contributed by atoms with E-state index in [1.165, 1.54) is 19.3 Å². The molecule has 1 aromatic heterocycles. The van der Waals surface area contributed by atoms with Crippen LogP contribution >= 0.6 is 11.8 Å². The molecule has 5 saturated carbocycles. The molecule has 0 aliphatic heterocycles. The van der Waals surface area contributed by atoms with Crippen molar-refractivity contribution in [1.82, 2.24) is 14.8 Å². The smallest absolute Gasteiger partial charge is 0.222 e. The van der Waals surface area contributed by atoms with Crippen LogP contribution in [-0.2, 0) is 4.79 Å². The Balaban J connectivity index is 1.31. The van der Waals surface area contributed by atoms with E-state index in [2.05, 4.69) is 10.2 Å². The molecule has 5 aliphatic rings. The van der Waals surface area contributed by atoms with Crippen molar-refractivity contribution in [2.24, 2.45) is 23.2 Å². The van der Waals surface area contributed by atoms with E-state index >= 15 is 0 Å². The molecule has 2 N–H and O–H groups in total. The number of carbonyl (C=O) groups excluding carboxylic acids is 1. The molecule has 0 atom stereocenters. The van der Waals surface area contributed by atoms with Gasteiger partial charge in [-0.25, -0.2) is 0 Å². The Morgan fingerprint density at radius 1 is 1.13 bits per heavy atom. The first-order chi connectivity index (χ1) is 11.1. The van der Waals surface area contributed by atoms with Crippen molar-refractivity contribution in [3.63, 3.8) is 0 Å². The van der Waals surface area contributed by atoms with Gasteiger partial charge in [-0.3, -0.25) is 9.36 Å². The molecular formula is C17H24N4OS. The number of nitrogens with zero attached hydrogens (tertiary/aromatic N) is 3. The minimum Gasteiger partial charge on any atom is -0.368 e. The van der Waals surface area contributed by atoms with Crippen LogP contribution in [0.4, 0.5) is 5.95 Å². The van der Waals surface area contributed by atoms with Crippen LogP contribution in [-0.4, -0.2) is 26.3 Å². The van der Waals surface area contributed by atoms with Crippen LogP contribution in [0.15, 0.2) is 5.16 Å². The number of nitrogens with two attached hydrogens (primary N) is 1. The van der Waals surface area contributed by atoms with Gasteiger partial charge >= 0.3 is 0 Å². The van der Waals surface area contributed by atoms with Crippen molar-refractivity contribution < 1.29 is 4.79 Å². The standard InChI is InChI=1S/C17H24N4OS/c18-15-19-20-16(21(15)13-1-2-13)23-9-14(22)17-6-10-3-11(7-17)5-12(4-10)8-17/h10-13H,1-9H2,(H2,18,19). The third-order valence-electron chi connectivity index (χ3n) is 6.57. The average molecular weight is 332 g/mol. The molecule has 23 heavy (non-hydrogen) atoms. The number of hydrogen-bond acceptors (Lipinski definition) is 5. The van der Waals surface area contributed by atoms with Gasteiger partial charge in [-0.05, 0) is 69.1 Å². The van der Waals surface area contributed by atoms with E-state index in [9.17, 15) is 4.79 Å². The molecule has 124 valence electrons. The largest absolute Gasteiger partial charge is 0.368 e. The fraction of sp³-hybridized carbons (Fsp3) is 0.824. The molecule has 5 aliphatic carbocycles. The Labute approximate surface area is 140 Å². The lowest BCUT2D eigenvalue weighted by molar-refractivity contribution is -0.141. The van der Waals surface area contributed by atoms with Crippen molar-refractivity contribution in [3.8, 4) is 0 Å². The van der Waals surface area contributed by atoms with Gasteiger partial charge in [-0.2, -0.15) is 0 Å². The number of anilines is 1. The predicted octanol–water partition coefficient (Wildman–Crippen LogP) is 3.07. The molecule has 1 heterocycles. The Kier molecular flexibility index (Phi) is 3.10. The van der Waals surface area contributed by atoms with Crippen LogP contribution in [0.3, 0.4) is 0 Å². The maximum absolute atomic E-state index is 13.1. The van der Waals surface area contributed by atoms with E-state index in [4.69, 9.17) is 5.73 Å². The Morgan fingerprint density at radius 2 is 1.74 bits per heavy atom. The molecule has 5 fully saturated rings. The zero-order chi connectivity index (χ0) is 15.6. The summed E-state index contributed by atoms with van der Waals surface area (Å²) in [5, 5.41) is 9.04. The summed E-state index contributed by atoms with van der Waals surface area (Å²) < 4.78 is 2.03. The second kappa shape index (κ2) is 4.98. The second-order valence-corrected chi connectivity index (χ2v) is 9.29. The van der Waals surface area contributed by atoms with Gasteiger partial charge in [0.15, 0.2) is 5.16 Å². The summed E-state index contributed by atoms with van der Waals surface area (Å²) in [6, 6.07) is 0.460. The van der Waals surface area contributed by atoms with Gasteiger partial charge in [0, 0.05) is 11.5 Å². The summed E-state index contributed by atoms with van der Waals surface area (Å²) in [6.07, 6.45) is 9.89. The molecule has 5 nitrogen and oxygen atoms in total. The molecule has 1 aromatic rings. The predicted molar refractivity (Wildman–Crippen MR) is 89.0 cm³/mol. The zero-order valence-electron chi connectivity index (χ0n) is 13.4. The quantitative estimate of drug-likeness (QED) is 0.839. The van der Waals surface area contributed by atoms with Gasteiger partial charge in [-0.1, -0.05) is 11.8 Å². The lowest BCUT2D eigenvalue weighted by Gasteiger charge is -2.56. The monoisotopic (exact) mass is 332 g/mol. The summed E-state index contributed by atoms with van der Waals surface area (Å²) in [5.41, 5.74) is 5.92. The van der Waals surface area contributed by atoms with Crippen LogP contribution in [0.5, 0.6) is 0 Å². The molecule has 0 spiro atoms. The summed E-state index contributed by atoms with van der Waals surface area (Å²) in [5.74, 6) is 3.96. The number of Topliss-reactive ketones (excluding diaryl/α,β-unsaturated/α-hetero) is 1. The maximum atomic E-state index is 13.1. The average Bonchev–Trinajstić information content (AvgIpc) is 3.27. The van der Waals surface area contributed by atoms with Crippen LogP contribution < -0.4 is 5.73 Å². The molecule has 0 aromatic carbocycles. The number of thioether (sulfide) groups is 1. The minimum absolute atomic E-state index is 0.00226. The highest BCUT2D eigenvalue weighted by molar-refractivity contribution is 7.99. The van der Waals surface area contributed by atoms with E-state index in [1.54, 1.807) is 11.8 Å². The summed E-state index contributed by atoms with van der Waals surface area (Å²) in [4.78, 5) is 13.1. The summed E-state index contributed by atoms with van der Waals surface area (Å²) >= 11 is 1.55. The van der Waals surface area contributed by atoms with Crippen LogP contribution in [0.2, 0.25) is 0 Å². The normalized spacial score (nSPS) is 38.2. The lowest BCUT2D eigenvalue weighted by atomic mass is 9.48. The zero-order valence-corrected chi connectivity index (χ0v) is 14.2. The van der Waals surface area contributed by atoms with Crippen molar-refractivity contribution in [1.29, 1.82) is 0 Å². The minimum atomic E-state index is -0.00226. The molecule has 6 rings (SSSR count). The first kappa shape index (κ1) is 14.3. The number of hydrogen-bond donors (Lipinski definition) is 1. The third kappa shape index (κ3) is 2.32. The molecular weight excluding hydrogens is 308 g/mol. The summed E-state index contributed by atoms with van der Waals surface area (Å²) in [7, 11) is 0. The fourth-order valence-electron chi connectivity index (χ4n) is 5.80. The van der Waals surface area contributed by atoms with E-state index in [-0.39, 0.29) is 5.41 Å². The van der Waals surface area contributed by atoms with Crippen molar-refractivity contribution in [2.75, 3.05) is 11.5 Å². The van der Waals surface area contributed by atoms with Crippen molar-refractivity contribution in [2.45, 2.75) is 62.6 Å². The Morgan fingerprint density at radius 3 is 2.30 bits per heavy atom. The lowest BCUT2D eigenvalue weighted by Crippen LogP contribution is -2.50. The third-order valence-corrected chi connectivity index (χ3v) is 7.51. The number of rotatable bonds is 5. The van der Waals surface area contributed by atoms with Gasteiger partial charge in [0.05, 0.1) is 5.75 Å². The number of aromatic nitrogens is 3. The van der Waals surface area contributed by atoms with Crippen LogP contribution in [0.25, 0.3) is 0 Å². The topological polar surface area (TPSA) is 73.8 Å².